The van der Waals surface area contributed by atoms with E-state index in [9.17, 15) is 0 Å². The Kier molecular flexibility index (Phi) is 6.05. The molecule has 29 heavy (non-hydrogen) atoms. The van der Waals surface area contributed by atoms with Crippen molar-refractivity contribution in [2.24, 2.45) is 0 Å². The standard InChI is InChI=1S/C22H27N5O2/c1-16(2)17-4-6-19(7-5-17)28-12-8-18-14-20(26-25-18)21-15-27(11-13-29-21)22-23-9-3-10-24-22/h3-7,9-10,14,16,21H,8,11-13,15H2,1-2H3,(H,25,26)/t21-/m1/s1. The lowest BCUT2D eigenvalue weighted by Crippen LogP contribution is -2.39. The van der Waals surface area contributed by atoms with Gasteiger partial charge in [-0.1, -0.05) is 26.0 Å². The van der Waals surface area contributed by atoms with Gasteiger partial charge in [-0.2, -0.15) is 5.10 Å². The predicted octanol–water partition coefficient (Wildman–Crippen LogP) is 3.52. The van der Waals surface area contributed by atoms with Crippen LogP contribution in [0.15, 0.2) is 48.8 Å². The van der Waals surface area contributed by atoms with Crippen LogP contribution in [0, 0.1) is 0 Å². The number of aromatic nitrogens is 4. The molecule has 1 aliphatic heterocycles. The van der Waals surface area contributed by atoms with E-state index in [2.05, 4.69) is 57.1 Å². The molecule has 1 aliphatic rings. The third-order valence-corrected chi connectivity index (χ3v) is 5.07. The van der Waals surface area contributed by atoms with Gasteiger partial charge in [-0.05, 0) is 35.7 Å². The third kappa shape index (κ3) is 4.92. The van der Waals surface area contributed by atoms with Crippen molar-refractivity contribution in [3.8, 4) is 5.75 Å². The average Bonchev–Trinajstić information content (AvgIpc) is 3.24. The highest BCUT2D eigenvalue weighted by atomic mass is 16.5. The predicted molar refractivity (Wildman–Crippen MR) is 111 cm³/mol. The first kappa shape index (κ1) is 19.4. The Labute approximate surface area is 171 Å². The molecular weight excluding hydrogens is 366 g/mol. The van der Waals surface area contributed by atoms with Gasteiger partial charge in [0, 0.05) is 31.1 Å². The Bertz CT molecular complexity index is 895. The Morgan fingerprint density at radius 1 is 1.21 bits per heavy atom. The number of rotatable bonds is 7. The van der Waals surface area contributed by atoms with E-state index in [1.54, 1.807) is 12.4 Å². The van der Waals surface area contributed by atoms with E-state index in [1.165, 1.54) is 5.56 Å². The number of H-pyrrole nitrogens is 1. The normalized spacial score (nSPS) is 16.9. The zero-order valence-electron chi connectivity index (χ0n) is 16.9. The number of morpholine rings is 1. The summed E-state index contributed by atoms with van der Waals surface area (Å²) in [7, 11) is 0. The summed E-state index contributed by atoms with van der Waals surface area (Å²) in [6.45, 7) is 7.06. The Morgan fingerprint density at radius 2 is 2.00 bits per heavy atom. The summed E-state index contributed by atoms with van der Waals surface area (Å²) in [6, 6.07) is 12.2. The summed E-state index contributed by atoms with van der Waals surface area (Å²) in [5.41, 5.74) is 3.26. The Balaban J connectivity index is 1.30. The molecule has 1 saturated heterocycles. The fourth-order valence-corrected chi connectivity index (χ4v) is 3.36. The lowest BCUT2D eigenvalue weighted by Gasteiger charge is -2.31. The summed E-state index contributed by atoms with van der Waals surface area (Å²) in [4.78, 5) is 10.8. The maximum atomic E-state index is 5.92. The summed E-state index contributed by atoms with van der Waals surface area (Å²) in [6.07, 6.45) is 4.19. The van der Waals surface area contributed by atoms with Crippen molar-refractivity contribution in [1.82, 2.24) is 20.2 Å². The summed E-state index contributed by atoms with van der Waals surface area (Å²) in [5.74, 6) is 2.15. The lowest BCUT2D eigenvalue weighted by molar-refractivity contribution is 0.0364. The van der Waals surface area contributed by atoms with Crippen molar-refractivity contribution < 1.29 is 9.47 Å². The molecule has 7 heteroatoms. The third-order valence-electron chi connectivity index (χ3n) is 5.07. The minimum Gasteiger partial charge on any atom is -0.493 e. The van der Waals surface area contributed by atoms with Crippen LogP contribution in [0.4, 0.5) is 5.95 Å². The second kappa shape index (κ2) is 9.05. The van der Waals surface area contributed by atoms with Crippen LogP contribution < -0.4 is 9.64 Å². The van der Waals surface area contributed by atoms with Crippen LogP contribution in [0.2, 0.25) is 0 Å². The van der Waals surface area contributed by atoms with Gasteiger partial charge in [0.1, 0.15) is 11.9 Å². The quantitative estimate of drug-likeness (QED) is 0.662. The number of nitrogens with one attached hydrogen (secondary N) is 1. The minimum absolute atomic E-state index is 0.0953. The molecule has 152 valence electrons. The van der Waals surface area contributed by atoms with Gasteiger partial charge in [0.15, 0.2) is 0 Å². The maximum absolute atomic E-state index is 5.92. The number of nitrogens with zero attached hydrogens (tertiary/aromatic N) is 4. The van der Waals surface area contributed by atoms with Gasteiger partial charge >= 0.3 is 0 Å². The highest BCUT2D eigenvalue weighted by Gasteiger charge is 2.25. The summed E-state index contributed by atoms with van der Waals surface area (Å²) >= 11 is 0. The Hall–Kier alpha value is -2.93. The molecule has 1 N–H and O–H groups in total. The molecule has 0 unspecified atom stereocenters. The first-order valence-corrected chi connectivity index (χ1v) is 10.1. The molecule has 3 heterocycles. The van der Waals surface area contributed by atoms with Gasteiger partial charge in [0.05, 0.1) is 25.5 Å². The second-order valence-corrected chi connectivity index (χ2v) is 7.49. The van der Waals surface area contributed by atoms with Crippen LogP contribution in [0.1, 0.15) is 42.8 Å². The first-order valence-electron chi connectivity index (χ1n) is 10.1. The smallest absolute Gasteiger partial charge is 0.225 e. The van der Waals surface area contributed by atoms with Gasteiger partial charge in [-0.15, -0.1) is 0 Å². The number of anilines is 1. The molecule has 1 aromatic carbocycles. The summed E-state index contributed by atoms with van der Waals surface area (Å²) in [5, 5.41) is 7.56. The van der Waals surface area contributed by atoms with Gasteiger partial charge in [-0.3, -0.25) is 5.10 Å². The van der Waals surface area contributed by atoms with Crippen molar-refractivity contribution in [3.05, 3.63) is 65.7 Å². The monoisotopic (exact) mass is 393 g/mol. The van der Waals surface area contributed by atoms with E-state index < -0.39 is 0 Å². The van der Waals surface area contributed by atoms with E-state index in [1.807, 2.05) is 18.2 Å². The summed E-state index contributed by atoms with van der Waals surface area (Å²) < 4.78 is 11.8. The molecule has 7 nitrogen and oxygen atoms in total. The van der Waals surface area contributed by atoms with Crippen LogP contribution in [0.25, 0.3) is 0 Å². The SMILES string of the molecule is CC(C)c1ccc(OCCc2cc([C@H]3CN(c4ncccn4)CCO3)n[nH]2)cc1. The zero-order valence-corrected chi connectivity index (χ0v) is 16.9. The second-order valence-electron chi connectivity index (χ2n) is 7.49. The first-order chi connectivity index (χ1) is 14.2. The highest BCUT2D eigenvalue weighted by molar-refractivity contribution is 5.31. The molecule has 0 radical (unpaired) electrons. The van der Waals surface area contributed by atoms with Crippen molar-refractivity contribution >= 4 is 5.95 Å². The molecule has 1 atom stereocenters. The van der Waals surface area contributed by atoms with Crippen LogP contribution in [-0.2, 0) is 11.2 Å². The van der Waals surface area contributed by atoms with Crippen LogP contribution >= 0.6 is 0 Å². The number of hydrogen-bond acceptors (Lipinski definition) is 6. The molecule has 0 saturated carbocycles. The average molecular weight is 393 g/mol. The zero-order chi connectivity index (χ0) is 20.1. The van der Waals surface area contributed by atoms with Crippen molar-refractivity contribution in [2.45, 2.75) is 32.3 Å². The van der Waals surface area contributed by atoms with Crippen molar-refractivity contribution in [3.63, 3.8) is 0 Å². The molecule has 3 aromatic rings. The van der Waals surface area contributed by atoms with Crippen molar-refractivity contribution in [1.29, 1.82) is 0 Å². The van der Waals surface area contributed by atoms with Gasteiger partial charge < -0.3 is 14.4 Å². The van der Waals surface area contributed by atoms with E-state index in [0.29, 0.717) is 25.7 Å². The molecule has 0 aliphatic carbocycles. The van der Waals surface area contributed by atoms with E-state index >= 15 is 0 Å². The Morgan fingerprint density at radius 3 is 2.76 bits per heavy atom. The molecule has 0 bridgehead atoms. The van der Waals surface area contributed by atoms with Gasteiger partial charge in [0.2, 0.25) is 5.95 Å². The number of ether oxygens (including phenoxy) is 2. The number of aromatic amines is 1. The fourth-order valence-electron chi connectivity index (χ4n) is 3.36. The van der Waals surface area contributed by atoms with Crippen LogP contribution in [0.5, 0.6) is 5.75 Å². The fraction of sp³-hybridized carbons (Fsp3) is 0.409. The van der Waals surface area contributed by atoms with Gasteiger partial charge in [-0.25, -0.2) is 9.97 Å². The lowest BCUT2D eigenvalue weighted by atomic mass is 10.0. The highest BCUT2D eigenvalue weighted by Crippen LogP contribution is 2.23. The largest absolute Gasteiger partial charge is 0.493 e. The van der Waals surface area contributed by atoms with E-state index in [4.69, 9.17) is 9.47 Å². The topological polar surface area (TPSA) is 76.2 Å². The minimum atomic E-state index is -0.0953. The van der Waals surface area contributed by atoms with Crippen LogP contribution in [0.3, 0.4) is 0 Å². The van der Waals surface area contributed by atoms with Crippen LogP contribution in [-0.4, -0.2) is 46.5 Å². The molecule has 4 rings (SSSR count). The van der Waals surface area contributed by atoms with Crippen molar-refractivity contribution in [2.75, 3.05) is 31.2 Å². The molecule has 0 amide bonds. The molecule has 2 aromatic heterocycles. The van der Waals surface area contributed by atoms with E-state index in [-0.39, 0.29) is 6.10 Å². The number of hydrogen-bond donors (Lipinski definition) is 1. The van der Waals surface area contributed by atoms with E-state index in [0.717, 1.165) is 36.1 Å². The molecular formula is C22H27N5O2. The maximum Gasteiger partial charge on any atom is 0.225 e. The molecule has 0 spiro atoms. The number of benzene rings is 1. The molecule has 1 fully saturated rings. The van der Waals surface area contributed by atoms with Gasteiger partial charge in [0.25, 0.3) is 0 Å².